The first-order valence-electron chi connectivity index (χ1n) is 14.0. The van der Waals surface area contributed by atoms with Gasteiger partial charge in [-0.2, -0.15) is 0 Å². The molecule has 3 aromatic carbocycles. The van der Waals surface area contributed by atoms with Gasteiger partial charge in [-0.05, 0) is 77.4 Å². The fourth-order valence-electron chi connectivity index (χ4n) is 7.15. The molecule has 3 aromatic rings. The summed E-state index contributed by atoms with van der Waals surface area (Å²) in [6.07, 6.45) is 10.2. The number of hydrogen-bond donors (Lipinski definition) is 1. The van der Waals surface area contributed by atoms with E-state index in [2.05, 4.69) is 56.4 Å². The van der Waals surface area contributed by atoms with Crippen LogP contribution in [0.3, 0.4) is 0 Å². The lowest BCUT2D eigenvalue weighted by atomic mass is 9.57. The van der Waals surface area contributed by atoms with Crippen LogP contribution in [0.25, 0.3) is 6.08 Å². The zero-order valence-corrected chi connectivity index (χ0v) is 22.6. The van der Waals surface area contributed by atoms with Crippen LogP contribution in [0, 0.1) is 23.0 Å². The van der Waals surface area contributed by atoms with Gasteiger partial charge in [0.25, 0.3) is 0 Å². The molecule has 3 aliphatic rings. The second-order valence-electron chi connectivity index (χ2n) is 12.6. The Kier molecular flexibility index (Phi) is 6.22. The minimum Gasteiger partial charge on any atom is -0.377 e. The van der Waals surface area contributed by atoms with Gasteiger partial charge in [-0.15, -0.1) is 0 Å². The normalized spacial score (nSPS) is 26.2. The molecular weight excluding hydrogens is 476 g/mol. The van der Waals surface area contributed by atoms with E-state index in [1.54, 1.807) is 12.1 Å². The lowest BCUT2D eigenvalue weighted by Gasteiger charge is -2.50. The summed E-state index contributed by atoms with van der Waals surface area (Å²) in [6.45, 7) is 7.42. The van der Waals surface area contributed by atoms with Gasteiger partial charge in [-0.1, -0.05) is 76.4 Å². The van der Waals surface area contributed by atoms with Crippen molar-refractivity contribution >= 4 is 11.8 Å². The van der Waals surface area contributed by atoms with E-state index in [0.29, 0.717) is 6.61 Å². The highest BCUT2D eigenvalue weighted by atomic mass is 19.1. The highest BCUT2D eigenvalue weighted by molar-refractivity contribution is 5.65. The van der Waals surface area contributed by atoms with Gasteiger partial charge in [0.2, 0.25) is 0 Å². The van der Waals surface area contributed by atoms with E-state index >= 15 is 0 Å². The molecule has 1 saturated carbocycles. The third-order valence-electron chi connectivity index (χ3n) is 9.14. The molecule has 4 heteroatoms. The number of hydrogen-bond acceptors (Lipinski definition) is 2. The molecule has 0 radical (unpaired) electrons. The van der Waals surface area contributed by atoms with Crippen LogP contribution in [-0.4, -0.2) is 6.61 Å². The van der Waals surface area contributed by atoms with Crippen molar-refractivity contribution in [2.75, 3.05) is 11.9 Å². The third-order valence-corrected chi connectivity index (χ3v) is 9.14. The first-order chi connectivity index (χ1) is 18.2. The van der Waals surface area contributed by atoms with Gasteiger partial charge >= 0.3 is 0 Å². The molecule has 0 amide bonds. The van der Waals surface area contributed by atoms with Crippen molar-refractivity contribution in [3.8, 4) is 0 Å². The molecule has 0 aromatic heterocycles. The number of nitrogens with one attached hydrogen (secondary N) is 1. The van der Waals surface area contributed by atoms with Gasteiger partial charge in [-0.25, -0.2) is 8.78 Å². The average molecular weight is 514 g/mol. The SMILES string of the molecule is CC(C)(C)c1ccc2c(c1)[C@]1(/C=C/c3ccc(F)cc3)OCC3(CCCCC3)[C@@H]1[C@@H](c1ccc(F)cc1)N2. The van der Waals surface area contributed by atoms with E-state index in [4.69, 9.17) is 4.74 Å². The zero-order valence-electron chi connectivity index (χ0n) is 22.6. The molecular formula is C34H37F2NO. The number of ether oxygens (including phenoxy) is 1. The molecule has 38 heavy (non-hydrogen) atoms. The minimum atomic E-state index is -0.660. The van der Waals surface area contributed by atoms with Gasteiger partial charge in [0, 0.05) is 22.6 Å². The minimum absolute atomic E-state index is 0.0126. The maximum absolute atomic E-state index is 14.0. The molecule has 2 aliphatic heterocycles. The highest BCUT2D eigenvalue weighted by Gasteiger charge is 2.63. The molecule has 0 unspecified atom stereocenters. The standard InChI is InChI=1S/C34H37F2NO/c1-32(2,3)25-11-16-29-28(21-25)34(20-17-23-7-12-26(35)13-8-23)31(33(22-38-34)18-5-4-6-19-33)30(37-29)24-9-14-27(36)15-10-24/h7-17,20-21,30-31,37H,4-6,18-19,22H2,1-3H3/b20-17+/t30-,31+,34+/m1/s1. The molecule has 2 fully saturated rings. The van der Waals surface area contributed by atoms with Crippen LogP contribution in [0.2, 0.25) is 0 Å². The predicted octanol–water partition coefficient (Wildman–Crippen LogP) is 8.93. The van der Waals surface area contributed by atoms with Crippen molar-refractivity contribution in [1.29, 1.82) is 0 Å². The van der Waals surface area contributed by atoms with Crippen LogP contribution in [0.15, 0.2) is 72.8 Å². The van der Waals surface area contributed by atoms with Crippen LogP contribution in [0.4, 0.5) is 14.5 Å². The van der Waals surface area contributed by atoms with E-state index < -0.39 is 5.60 Å². The average Bonchev–Trinajstić information content (AvgIpc) is 3.22. The molecule has 1 spiro atoms. The van der Waals surface area contributed by atoms with Crippen molar-refractivity contribution in [2.24, 2.45) is 11.3 Å². The smallest absolute Gasteiger partial charge is 0.123 e. The van der Waals surface area contributed by atoms with Crippen molar-refractivity contribution < 1.29 is 13.5 Å². The van der Waals surface area contributed by atoms with E-state index in [9.17, 15) is 8.78 Å². The molecule has 1 saturated heterocycles. The Hall–Kier alpha value is -2.98. The second kappa shape index (κ2) is 9.34. The third kappa shape index (κ3) is 4.27. The number of fused-ring (bicyclic) bond motifs is 4. The molecule has 3 atom stereocenters. The Morgan fingerprint density at radius 3 is 2.18 bits per heavy atom. The van der Waals surface area contributed by atoms with Crippen LogP contribution < -0.4 is 5.32 Å². The molecule has 1 aliphatic carbocycles. The monoisotopic (exact) mass is 513 g/mol. The van der Waals surface area contributed by atoms with Gasteiger partial charge in [0.1, 0.15) is 17.2 Å². The van der Waals surface area contributed by atoms with Crippen LogP contribution in [-0.2, 0) is 15.8 Å². The molecule has 2 nitrogen and oxygen atoms in total. The van der Waals surface area contributed by atoms with Crippen LogP contribution >= 0.6 is 0 Å². The molecule has 1 N–H and O–H groups in total. The number of rotatable bonds is 3. The zero-order chi connectivity index (χ0) is 26.5. The van der Waals surface area contributed by atoms with Gasteiger partial charge < -0.3 is 10.1 Å². The molecule has 6 rings (SSSR count). The maximum atomic E-state index is 14.0. The molecule has 0 bridgehead atoms. The van der Waals surface area contributed by atoms with Crippen LogP contribution in [0.1, 0.15) is 81.2 Å². The van der Waals surface area contributed by atoms with E-state index in [1.165, 1.54) is 37.0 Å². The summed E-state index contributed by atoms with van der Waals surface area (Å²) in [5.41, 5.74) is 4.85. The summed E-state index contributed by atoms with van der Waals surface area (Å²) < 4.78 is 34.7. The maximum Gasteiger partial charge on any atom is 0.123 e. The van der Waals surface area contributed by atoms with E-state index in [-0.39, 0.29) is 34.4 Å². The van der Waals surface area contributed by atoms with Crippen LogP contribution in [0.5, 0.6) is 0 Å². The van der Waals surface area contributed by atoms with Gasteiger partial charge in [0.15, 0.2) is 0 Å². The summed E-state index contributed by atoms with van der Waals surface area (Å²) in [4.78, 5) is 0. The van der Waals surface area contributed by atoms with Gasteiger partial charge in [0.05, 0.1) is 12.6 Å². The molecule has 198 valence electrons. The molecule has 2 heterocycles. The topological polar surface area (TPSA) is 21.3 Å². The second-order valence-corrected chi connectivity index (χ2v) is 12.6. The lowest BCUT2D eigenvalue weighted by molar-refractivity contribution is 0.00927. The fraction of sp³-hybridized carbons (Fsp3) is 0.412. The first kappa shape index (κ1) is 25.3. The number of halogens is 2. The summed E-state index contributed by atoms with van der Waals surface area (Å²) >= 11 is 0. The lowest BCUT2D eigenvalue weighted by Crippen LogP contribution is -2.48. The van der Waals surface area contributed by atoms with E-state index in [0.717, 1.165) is 35.2 Å². The Morgan fingerprint density at radius 2 is 1.53 bits per heavy atom. The van der Waals surface area contributed by atoms with E-state index in [1.807, 2.05) is 24.3 Å². The summed E-state index contributed by atoms with van der Waals surface area (Å²) in [5, 5.41) is 3.90. The van der Waals surface area contributed by atoms with Crippen molar-refractivity contribution in [3.05, 3.63) is 107 Å². The Balaban J connectivity index is 1.58. The summed E-state index contributed by atoms with van der Waals surface area (Å²) in [7, 11) is 0. The fourth-order valence-corrected chi connectivity index (χ4v) is 7.15. The van der Waals surface area contributed by atoms with Crippen molar-refractivity contribution in [2.45, 2.75) is 69.9 Å². The Morgan fingerprint density at radius 1 is 0.868 bits per heavy atom. The number of anilines is 1. The summed E-state index contributed by atoms with van der Waals surface area (Å²) in [6, 6.07) is 20.3. The van der Waals surface area contributed by atoms with Gasteiger partial charge in [-0.3, -0.25) is 0 Å². The predicted molar refractivity (Wildman–Crippen MR) is 150 cm³/mol. The highest BCUT2D eigenvalue weighted by Crippen LogP contribution is 2.65. The quantitative estimate of drug-likeness (QED) is 0.377. The first-order valence-corrected chi connectivity index (χ1v) is 14.0. The van der Waals surface area contributed by atoms with Crippen molar-refractivity contribution in [3.63, 3.8) is 0 Å². The van der Waals surface area contributed by atoms with Crippen molar-refractivity contribution in [1.82, 2.24) is 0 Å². The Labute approximate surface area is 225 Å². The summed E-state index contributed by atoms with van der Waals surface area (Å²) in [5.74, 6) is -0.340. The Bertz CT molecular complexity index is 1330. The number of benzene rings is 3. The largest absolute Gasteiger partial charge is 0.377 e.